The first-order chi connectivity index (χ1) is 15.5. The largest absolute Gasteiger partial charge is 0.480 e. The van der Waals surface area contributed by atoms with Crippen molar-refractivity contribution in [2.75, 3.05) is 6.79 Å². The maximum atomic E-state index is 12.9. The lowest BCUT2D eigenvalue weighted by atomic mass is 10.0. The van der Waals surface area contributed by atoms with E-state index < -0.39 is 30.1 Å². The molecule has 1 aliphatic heterocycles. The van der Waals surface area contributed by atoms with Crippen LogP contribution in [0.4, 0.5) is 0 Å². The normalized spacial score (nSPS) is 13.2. The van der Waals surface area contributed by atoms with Crippen LogP contribution in [0.5, 0.6) is 11.5 Å². The van der Waals surface area contributed by atoms with Gasteiger partial charge in [0.15, 0.2) is 17.3 Å². The third kappa shape index (κ3) is 3.51. The van der Waals surface area contributed by atoms with Gasteiger partial charge < -0.3 is 24.3 Å². The zero-order valence-electron chi connectivity index (χ0n) is 16.7. The molecule has 1 amide bonds. The van der Waals surface area contributed by atoms with Gasteiger partial charge in [0.05, 0.1) is 0 Å². The molecule has 4 aromatic rings. The second-order valence-corrected chi connectivity index (χ2v) is 7.37. The van der Waals surface area contributed by atoms with Crippen LogP contribution in [0.1, 0.15) is 27.1 Å². The Balaban J connectivity index is 1.35. The number of nitrogens with one attached hydrogen (secondary N) is 1. The van der Waals surface area contributed by atoms with Crippen LogP contribution in [-0.2, 0) is 4.79 Å². The SMILES string of the molecule is O=C(CC(NC(=O)c1ccc2c(c1)OCO2)C(=O)O)c1ccc2oc3ccccc3c2c1. The zero-order valence-corrected chi connectivity index (χ0v) is 16.7. The summed E-state index contributed by atoms with van der Waals surface area (Å²) >= 11 is 0. The maximum absolute atomic E-state index is 12.9. The van der Waals surface area contributed by atoms with E-state index in [0.29, 0.717) is 28.2 Å². The van der Waals surface area contributed by atoms with Crippen molar-refractivity contribution in [3.05, 3.63) is 71.8 Å². The predicted octanol–water partition coefficient (Wildman–Crippen LogP) is 3.77. The van der Waals surface area contributed by atoms with Gasteiger partial charge in [-0.1, -0.05) is 18.2 Å². The molecule has 32 heavy (non-hydrogen) atoms. The number of rotatable bonds is 6. The predicted molar refractivity (Wildman–Crippen MR) is 114 cm³/mol. The van der Waals surface area contributed by atoms with Crippen LogP contribution in [0.2, 0.25) is 0 Å². The molecule has 2 heterocycles. The summed E-state index contributed by atoms with van der Waals surface area (Å²) in [5.74, 6) is -1.42. The smallest absolute Gasteiger partial charge is 0.326 e. The number of para-hydroxylation sites is 1. The number of Topliss-reactive ketones (excluding diaryl/α,β-unsaturated/α-hetero) is 1. The molecule has 8 nitrogen and oxygen atoms in total. The topological polar surface area (TPSA) is 115 Å². The molecular weight excluding hydrogens is 414 g/mol. The number of ether oxygens (including phenoxy) is 2. The van der Waals surface area contributed by atoms with Gasteiger partial charge in [0.25, 0.3) is 5.91 Å². The summed E-state index contributed by atoms with van der Waals surface area (Å²) in [5, 5.41) is 13.6. The first-order valence-electron chi connectivity index (χ1n) is 9.87. The van der Waals surface area contributed by atoms with Crippen LogP contribution in [0, 0.1) is 0 Å². The molecule has 5 rings (SSSR count). The minimum absolute atomic E-state index is 0.0585. The number of aliphatic carboxylic acids is 1. The molecule has 0 radical (unpaired) electrons. The van der Waals surface area contributed by atoms with E-state index in [1.165, 1.54) is 12.1 Å². The molecule has 0 saturated heterocycles. The molecule has 2 N–H and O–H groups in total. The number of ketones is 1. The van der Waals surface area contributed by atoms with Crippen molar-refractivity contribution in [3.8, 4) is 11.5 Å². The van der Waals surface area contributed by atoms with Gasteiger partial charge in [-0.25, -0.2) is 4.79 Å². The molecule has 160 valence electrons. The Bertz CT molecular complexity index is 1390. The molecule has 0 saturated carbocycles. The molecular formula is C24H17NO7. The molecule has 1 aromatic heterocycles. The fourth-order valence-electron chi connectivity index (χ4n) is 3.68. The first-order valence-corrected chi connectivity index (χ1v) is 9.87. The number of carbonyl (C=O) groups is 3. The molecule has 0 bridgehead atoms. The lowest BCUT2D eigenvalue weighted by Gasteiger charge is -2.14. The van der Waals surface area contributed by atoms with Crippen LogP contribution in [0.3, 0.4) is 0 Å². The third-order valence-electron chi connectivity index (χ3n) is 5.33. The quantitative estimate of drug-likeness (QED) is 0.447. The van der Waals surface area contributed by atoms with Crippen LogP contribution in [-0.4, -0.2) is 35.6 Å². The van der Waals surface area contributed by atoms with Crippen LogP contribution in [0.25, 0.3) is 21.9 Å². The lowest BCUT2D eigenvalue weighted by Crippen LogP contribution is -2.42. The van der Waals surface area contributed by atoms with Gasteiger partial charge in [0.1, 0.15) is 17.2 Å². The Labute approximate surface area is 181 Å². The monoisotopic (exact) mass is 431 g/mol. The summed E-state index contributed by atoms with van der Waals surface area (Å²) < 4.78 is 16.2. The fraction of sp³-hybridized carbons (Fsp3) is 0.125. The van der Waals surface area contributed by atoms with Crippen molar-refractivity contribution in [1.82, 2.24) is 5.32 Å². The summed E-state index contributed by atoms with van der Waals surface area (Å²) in [6, 6.07) is 15.6. The maximum Gasteiger partial charge on any atom is 0.326 e. The summed E-state index contributed by atoms with van der Waals surface area (Å²) in [6.45, 7) is 0.0585. The third-order valence-corrected chi connectivity index (χ3v) is 5.33. The summed E-state index contributed by atoms with van der Waals surface area (Å²) in [4.78, 5) is 37.2. The number of carbonyl (C=O) groups excluding carboxylic acids is 2. The van der Waals surface area contributed by atoms with Crippen LogP contribution < -0.4 is 14.8 Å². The van der Waals surface area contributed by atoms with E-state index in [1.807, 2.05) is 24.3 Å². The van der Waals surface area contributed by atoms with Crippen molar-refractivity contribution < 1.29 is 33.4 Å². The standard InChI is InChI=1S/C24H17NO7/c26-18(13-5-7-20-16(9-13)15-3-1-2-4-19(15)32-20)11-17(24(28)29)25-23(27)14-6-8-21-22(10-14)31-12-30-21/h1-10,17H,11-12H2,(H,25,27)(H,28,29). The Kier molecular flexibility index (Phi) is 4.74. The van der Waals surface area contributed by atoms with Crippen molar-refractivity contribution in [3.63, 3.8) is 0 Å². The highest BCUT2D eigenvalue weighted by Gasteiger charge is 2.26. The van der Waals surface area contributed by atoms with Crippen molar-refractivity contribution in [1.29, 1.82) is 0 Å². The molecule has 3 aromatic carbocycles. The molecule has 1 aliphatic rings. The number of benzene rings is 3. The van der Waals surface area contributed by atoms with E-state index in [-0.39, 0.29) is 12.4 Å². The number of carboxylic acids is 1. The Morgan fingerprint density at radius 2 is 1.62 bits per heavy atom. The van der Waals surface area contributed by atoms with E-state index >= 15 is 0 Å². The number of hydrogen-bond donors (Lipinski definition) is 2. The average Bonchev–Trinajstić information content (AvgIpc) is 3.41. The first kappa shape index (κ1) is 19.6. The van der Waals surface area contributed by atoms with E-state index in [1.54, 1.807) is 24.3 Å². The van der Waals surface area contributed by atoms with E-state index in [0.717, 1.165) is 10.8 Å². The molecule has 8 heteroatoms. The molecule has 0 fully saturated rings. The Morgan fingerprint density at radius 3 is 2.47 bits per heavy atom. The molecule has 1 atom stereocenters. The van der Waals surface area contributed by atoms with Crippen molar-refractivity contribution in [2.45, 2.75) is 12.5 Å². The molecule has 1 unspecified atom stereocenters. The van der Waals surface area contributed by atoms with E-state index in [9.17, 15) is 19.5 Å². The highest BCUT2D eigenvalue weighted by Crippen LogP contribution is 2.32. The molecule has 0 aliphatic carbocycles. The second kappa shape index (κ2) is 7.73. The number of amides is 1. The summed E-state index contributed by atoms with van der Waals surface area (Å²) in [7, 11) is 0. The van der Waals surface area contributed by atoms with Gasteiger partial charge in [0, 0.05) is 28.3 Å². The van der Waals surface area contributed by atoms with Gasteiger partial charge >= 0.3 is 5.97 Å². The number of hydrogen-bond acceptors (Lipinski definition) is 6. The highest BCUT2D eigenvalue weighted by molar-refractivity contribution is 6.09. The van der Waals surface area contributed by atoms with E-state index in [2.05, 4.69) is 5.32 Å². The highest BCUT2D eigenvalue weighted by atomic mass is 16.7. The zero-order chi connectivity index (χ0) is 22.2. The Hall–Kier alpha value is -4.33. The van der Waals surface area contributed by atoms with E-state index in [4.69, 9.17) is 13.9 Å². The fourth-order valence-corrected chi connectivity index (χ4v) is 3.68. The minimum Gasteiger partial charge on any atom is -0.480 e. The number of carboxylic acid groups (broad SMARTS) is 1. The molecule has 0 spiro atoms. The summed E-state index contributed by atoms with van der Waals surface area (Å²) in [5.41, 5.74) is 1.88. The number of fused-ring (bicyclic) bond motifs is 4. The van der Waals surface area contributed by atoms with Crippen molar-refractivity contribution >= 4 is 39.6 Å². The minimum atomic E-state index is -1.39. The van der Waals surface area contributed by atoms with Crippen LogP contribution in [0.15, 0.2) is 65.1 Å². The van der Waals surface area contributed by atoms with Crippen LogP contribution >= 0.6 is 0 Å². The van der Waals surface area contributed by atoms with Gasteiger partial charge in [-0.3, -0.25) is 9.59 Å². The second-order valence-electron chi connectivity index (χ2n) is 7.37. The average molecular weight is 431 g/mol. The Morgan fingerprint density at radius 1 is 0.875 bits per heavy atom. The lowest BCUT2D eigenvalue weighted by molar-refractivity contribution is -0.139. The summed E-state index contributed by atoms with van der Waals surface area (Å²) in [6.07, 6.45) is -0.396. The van der Waals surface area contributed by atoms with Gasteiger partial charge in [-0.05, 0) is 42.5 Å². The van der Waals surface area contributed by atoms with Crippen molar-refractivity contribution in [2.24, 2.45) is 0 Å². The van der Waals surface area contributed by atoms with Gasteiger partial charge in [-0.2, -0.15) is 0 Å². The van der Waals surface area contributed by atoms with Gasteiger partial charge in [0.2, 0.25) is 6.79 Å². The number of furan rings is 1. The van der Waals surface area contributed by atoms with Gasteiger partial charge in [-0.15, -0.1) is 0 Å².